The summed E-state index contributed by atoms with van der Waals surface area (Å²) in [6.45, 7) is 6.51. The molecule has 8 nitrogen and oxygen atoms in total. The van der Waals surface area contributed by atoms with E-state index in [0.29, 0.717) is 9.59 Å². The molecular weight excluding hydrogens is 372 g/mol. The molecule has 0 atom stereocenters. The van der Waals surface area contributed by atoms with Gasteiger partial charge in [-0.3, -0.25) is 4.79 Å². The van der Waals surface area contributed by atoms with Crippen LogP contribution in [0, 0.1) is 0 Å². The molecule has 0 spiro atoms. The average molecular weight is 391 g/mol. The first-order chi connectivity index (χ1) is 12.9. The number of amides is 1. The molecule has 142 valence electrons. The highest BCUT2D eigenvalue weighted by atomic mass is 35.5. The van der Waals surface area contributed by atoms with Crippen molar-refractivity contribution in [1.29, 1.82) is 0 Å². The Morgan fingerprint density at radius 3 is 1.89 bits per heavy atom. The number of hydrogen-bond acceptors (Lipinski definition) is 4. The molecule has 0 unspecified atom stereocenters. The van der Waals surface area contributed by atoms with Gasteiger partial charge in [0.2, 0.25) is 5.91 Å². The predicted molar refractivity (Wildman–Crippen MR) is 103 cm³/mol. The number of benzene rings is 1. The standard InChI is InChI=1S/C18H19ClN4O4/c1-3-9-21-16(25)22(10-4-2)18(27)23(17(21)26)12-15(24)20-11-13-5-7-14(19)8-6-13/h3-8H,1-2,9-12H2,(H,20,24). The van der Waals surface area contributed by atoms with Crippen LogP contribution in [0.1, 0.15) is 5.56 Å². The third-order valence-corrected chi connectivity index (χ3v) is 3.97. The van der Waals surface area contributed by atoms with Crippen molar-refractivity contribution in [2.24, 2.45) is 0 Å². The molecule has 0 saturated carbocycles. The molecule has 0 fully saturated rings. The summed E-state index contributed by atoms with van der Waals surface area (Å²) in [7, 11) is 0. The van der Waals surface area contributed by atoms with Crippen LogP contribution in [-0.2, 0) is 31.0 Å². The molecule has 0 aliphatic carbocycles. The van der Waals surface area contributed by atoms with Gasteiger partial charge in [-0.15, -0.1) is 13.2 Å². The van der Waals surface area contributed by atoms with Crippen LogP contribution in [0.25, 0.3) is 0 Å². The maximum Gasteiger partial charge on any atom is 0.337 e. The third-order valence-electron chi connectivity index (χ3n) is 3.71. The van der Waals surface area contributed by atoms with Gasteiger partial charge >= 0.3 is 17.1 Å². The smallest absolute Gasteiger partial charge is 0.337 e. The van der Waals surface area contributed by atoms with Crippen molar-refractivity contribution in [1.82, 2.24) is 19.0 Å². The number of hydrogen-bond donors (Lipinski definition) is 1. The fraction of sp³-hybridized carbons (Fsp3) is 0.222. The summed E-state index contributed by atoms with van der Waals surface area (Å²) in [6.07, 6.45) is 2.72. The number of aromatic nitrogens is 3. The predicted octanol–water partition coefficient (Wildman–Crippen LogP) is 0.514. The van der Waals surface area contributed by atoms with Crippen LogP contribution in [0.2, 0.25) is 5.02 Å². The lowest BCUT2D eigenvalue weighted by Gasteiger charge is -2.12. The summed E-state index contributed by atoms with van der Waals surface area (Å²) < 4.78 is 2.39. The molecule has 1 amide bonds. The highest BCUT2D eigenvalue weighted by Crippen LogP contribution is 2.08. The monoisotopic (exact) mass is 390 g/mol. The van der Waals surface area contributed by atoms with Crippen molar-refractivity contribution in [2.75, 3.05) is 0 Å². The Morgan fingerprint density at radius 1 is 0.926 bits per heavy atom. The van der Waals surface area contributed by atoms with Gasteiger partial charge in [0.1, 0.15) is 6.54 Å². The van der Waals surface area contributed by atoms with Gasteiger partial charge in [-0.25, -0.2) is 28.1 Å². The first-order valence-electron chi connectivity index (χ1n) is 8.06. The van der Waals surface area contributed by atoms with Gasteiger partial charge in [0.25, 0.3) is 0 Å². The lowest BCUT2D eigenvalue weighted by molar-refractivity contribution is -0.122. The van der Waals surface area contributed by atoms with Gasteiger partial charge in [0.15, 0.2) is 0 Å². The molecular formula is C18H19ClN4O4. The maximum absolute atomic E-state index is 12.4. The number of carbonyl (C=O) groups excluding carboxylic acids is 1. The Kier molecular flexibility index (Phi) is 6.73. The first-order valence-corrected chi connectivity index (χ1v) is 8.44. The summed E-state index contributed by atoms with van der Waals surface area (Å²) in [6, 6.07) is 6.87. The van der Waals surface area contributed by atoms with E-state index in [1.807, 2.05) is 0 Å². The maximum atomic E-state index is 12.4. The number of carbonyl (C=O) groups is 1. The zero-order valence-electron chi connectivity index (χ0n) is 14.6. The minimum Gasteiger partial charge on any atom is -0.350 e. The zero-order valence-corrected chi connectivity index (χ0v) is 15.3. The molecule has 0 bridgehead atoms. The minimum absolute atomic E-state index is 0.0819. The van der Waals surface area contributed by atoms with E-state index in [1.54, 1.807) is 24.3 Å². The summed E-state index contributed by atoms with van der Waals surface area (Å²) in [4.78, 5) is 49.4. The van der Waals surface area contributed by atoms with Crippen molar-refractivity contribution < 1.29 is 4.79 Å². The number of rotatable bonds is 8. The average Bonchev–Trinajstić information content (AvgIpc) is 2.65. The summed E-state index contributed by atoms with van der Waals surface area (Å²) >= 11 is 5.81. The van der Waals surface area contributed by atoms with Crippen LogP contribution in [0.15, 0.2) is 64.0 Å². The molecule has 9 heteroatoms. The molecule has 0 radical (unpaired) electrons. The Morgan fingerprint density at radius 2 is 1.41 bits per heavy atom. The van der Waals surface area contributed by atoms with Gasteiger partial charge in [0, 0.05) is 11.6 Å². The van der Waals surface area contributed by atoms with Crippen LogP contribution in [0.4, 0.5) is 0 Å². The lowest BCUT2D eigenvalue weighted by atomic mass is 10.2. The van der Waals surface area contributed by atoms with Crippen LogP contribution < -0.4 is 22.4 Å². The number of halogens is 1. The quantitative estimate of drug-likeness (QED) is 0.664. The van der Waals surface area contributed by atoms with Crippen molar-refractivity contribution in [3.05, 3.63) is 91.6 Å². The van der Waals surface area contributed by atoms with Crippen LogP contribution >= 0.6 is 11.6 Å². The van der Waals surface area contributed by atoms with Crippen molar-refractivity contribution in [3.8, 4) is 0 Å². The summed E-state index contributed by atoms with van der Waals surface area (Å²) in [5.74, 6) is -0.543. The number of nitrogens with zero attached hydrogens (tertiary/aromatic N) is 3. The molecule has 2 rings (SSSR count). The molecule has 1 aromatic heterocycles. The summed E-state index contributed by atoms with van der Waals surface area (Å²) in [5, 5.41) is 3.19. The van der Waals surface area contributed by atoms with E-state index in [9.17, 15) is 19.2 Å². The lowest BCUT2D eigenvalue weighted by Crippen LogP contribution is -2.55. The van der Waals surface area contributed by atoms with Crippen LogP contribution in [0.5, 0.6) is 0 Å². The van der Waals surface area contributed by atoms with Crippen molar-refractivity contribution >= 4 is 17.5 Å². The Labute approximate surface area is 159 Å². The molecule has 1 N–H and O–H groups in total. The second-order valence-electron chi connectivity index (χ2n) is 5.64. The number of nitrogens with one attached hydrogen (secondary N) is 1. The SMILES string of the molecule is C=CCn1c(=O)n(CC=C)c(=O)n(CC(=O)NCc2ccc(Cl)cc2)c1=O. The Balaban J connectivity index is 2.29. The van der Waals surface area contributed by atoms with Crippen molar-refractivity contribution in [3.63, 3.8) is 0 Å². The van der Waals surface area contributed by atoms with E-state index in [2.05, 4.69) is 18.5 Å². The van der Waals surface area contributed by atoms with Gasteiger partial charge in [-0.2, -0.15) is 0 Å². The highest BCUT2D eigenvalue weighted by Gasteiger charge is 2.16. The minimum atomic E-state index is -0.869. The molecule has 2 aromatic rings. The molecule has 0 aliphatic heterocycles. The summed E-state index contributed by atoms with van der Waals surface area (Å²) in [5.41, 5.74) is -1.71. The van der Waals surface area contributed by atoms with E-state index in [4.69, 9.17) is 11.6 Å². The Hall–Kier alpha value is -3.13. The molecule has 0 saturated heterocycles. The third kappa shape index (κ3) is 4.73. The second kappa shape index (κ2) is 9.00. The first kappa shape index (κ1) is 20.2. The van der Waals surface area contributed by atoms with E-state index in [1.165, 1.54) is 12.2 Å². The van der Waals surface area contributed by atoms with E-state index >= 15 is 0 Å². The molecule has 27 heavy (non-hydrogen) atoms. The molecule has 0 aliphatic rings. The van der Waals surface area contributed by atoms with Crippen molar-refractivity contribution in [2.45, 2.75) is 26.2 Å². The largest absolute Gasteiger partial charge is 0.350 e. The normalized spacial score (nSPS) is 10.4. The van der Waals surface area contributed by atoms with E-state index < -0.39 is 29.5 Å². The van der Waals surface area contributed by atoms with E-state index in [-0.39, 0.29) is 19.6 Å². The molecule has 1 heterocycles. The fourth-order valence-corrected chi connectivity index (χ4v) is 2.52. The van der Waals surface area contributed by atoms with Gasteiger partial charge < -0.3 is 5.32 Å². The number of allylic oxidation sites excluding steroid dienone is 2. The van der Waals surface area contributed by atoms with Gasteiger partial charge in [0.05, 0.1) is 13.1 Å². The van der Waals surface area contributed by atoms with Crippen LogP contribution in [-0.4, -0.2) is 19.6 Å². The van der Waals surface area contributed by atoms with Gasteiger partial charge in [-0.1, -0.05) is 35.9 Å². The fourth-order valence-electron chi connectivity index (χ4n) is 2.39. The second-order valence-corrected chi connectivity index (χ2v) is 6.07. The Bertz CT molecular complexity index is 983. The van der Waals surface area contributed by atoms with Crippen LogP contribution in [0.3, 0.4) is 0 Å². The zero-order chi connectivity index (χ0) is 20.0. The highest BCUT2D eigenvalue weighted by molar-refractivity contribution is 6.30. The van der Waals surface area contributed by atoms with E-state index in [0.717, 1.165) is 14.7 Å². The van der Waals surface area contributed by atoms with Gasteiger partial charge in [-0.05, 0) is 17.7 Å². The topological polar surface area (TPSA) is 95.1 Å². The molecule has 1 aromatic carbocycles.